The first-order valence-electron chi connectivity index (χ1n) is 5.65. The fourth-order valence-corrected chi connectivity index (χ4v) is 1.48. The van der Waals surface area contributed by atoms with Crippen LogP contribution in [0, 0.1) is 11.8 Å². The minimum absolute atomic E-state index is 0.133. The molecule has 0 bridgehead atoms. The summed E-state index contributed by atoms with van der Waals surface area (Å²) in [7, 11) is 0. The van der Waals surface area contributed by atoms with Crippen LogP contribution in [0.3, 0.4) is 0 Å². The van der Waals surface area contributed by atoms with Crippen LogP contribution < -0.4 is 0 Å². The molecule has 0 spiro atoms. The number of hydrogen-bond donors (Lipinski definition) is 2. The minimum Gasteiger partial charge on any atom is -0.506 e. The van der Waals surface area contributed by atoms with Crippen LogP contribution in [0.4, 0.5) is 0 Å². The van der Waals surface area contributed by atoms with Gasteiger partial charge in [0.15, 0.2) is 0 Å². The summed E-state index contributed by atoms with van der Waals surface area (Å²) in [4.78, 5) is 3.98. The van der Waals surface area contributed by atoms with Crippen molar-refractivity contribution in [2.45, 2.75) is 6.42 Å². The van der Waals surface area contributed by atoms with Crippen LogP contribution in [0.5, 0.6) is 5.75 Å². The summed E-state index contributed by atoms with van der Waals surface area (Å²) in [6.07, 6.45) is 2.03. The van der Waals surface area contributed by atoms with Crippen molar-refractivity contribution in [1.82, 2.24) is 4.98 Å². The van der Waals surface area contributed by atoms with Crippen LogP contribution in [-0.4, -0.2) is 21.8 Å². The van der Waals surface area contributed by atoms with Gasteiger partial charge in [-0.05, 0) is 42.2 Å². The zero-order valence-corrected chi connectivity index (χ0v) is 9.80. The summed E-state index contributed by atoms with van der Waals surface area (Å²) in [5, 5.41) is 17.9. The number of rotatable bonds is 2. The summed E-state index contributed by atoms with van der Waals surface area (Å²) in [5.74, 6) is 6.04. The lowest BCUT2D eigenvalue weighted by molar-refractivity contribution is 0.299. The lowest BCUT2D eigenvalue weighted by Gasteiger charge is -1.97. The Morgan fingerprint density at radius 1 is 1.00 bits per heavy atom. The van der Waals surface area contributed by atoms with E-state index in [1.54, 1.807) is 12.1 Å². The van der Waals surface area contributed by atoms with Crippen molar-refractivity contribution in [3.63, 3.8) is 0 Å². The summed E-state index contributed by atoms with van der Waals surface area (Å²) in [5.41, 5.74) is 2.60. The first-order chi connectivity index (χ1) is 8.78. The average Bonchev–Trinajstić information content (AvgIpc) is 2.40. The van der Waals surface area contributed by atoms with E-state index in [9.17, 15) is 0 Å². The predicted octanol–water partition coefficient (Wildman–Crippen LogP) is 1.72. The Morgan fingerprint density at radius 3 is 2.39 bits per heavy atom. The van der Waals surface area contributed by atoms with Gasteiger partial charge in [0.2, 0.25) is 0 Å². The Balaban J connectivity index is 2.12. The summed E-state index contributed by atoms with van der Waals surface area (Å²) >= 11 is 0. The number of aromatic hydroxyl groups is 1. The first kappa shape index (κ1) is 12.2. The molecule has 0 unspecified atom stereocenters. The maximum atomic E-state index is 9.09. The molecule has 0 aliphatic carbocycles. The summed E-state index contributed by atoms with van der Waals surface area (Å²) in [6, 6.07) is 11.0. The van der Waals surface area contributed by atoms with Crippen LogP contribution in [0.2, 0.25) is 0 Å². The molecular weight excluding hydrogens is 226 g/mol. The predicted molar refractivity (Wildman–Crippen MR) is 69.1 cm³/mol. The monoisotopic (exact) mass is 239 g/mol. The normalized spacial score (nSPS) is 9.61. The van der Waals surface area contributed by atoms with E-state index in [0.29, 0.717) is 12.1 Å². The Labute approximate surface area is 106 Å². The molecule has 2 N–H and O–H groups in total. The van der Waals surface area contributed by atoms with Crippen molar-refractivity contribution in [2.24, 2.45) is 0 Å². The van der Waals surface area contributed by atoms with Crippen LogP contribution in [0.1, 0.15) is 16.8 Å². The molecule has 0 atom stereocenters. The van der Waals surface area contributed by atoms with Crippen molar-refractivity contribution in [1.29, 1.82) is 0 Å². The van der Waals surface area contributed by atoms with Crippen molar-refractivity contribution < 1.29 is 10.2 Å². The number of benzene rings is 1. The molecular formula is C15H13NO2. The standard InChI is InChI=1S/C15H13NO2/c17-10-9-13-3-1-12(2-4-13)5-6-14-7-8-15(18)11-16-14/h1-4,7-8,11,17-18H,9-10H2. The van der Waals surface area contributed by atoms with E-state index in [0.717, 1.165) is 11.1 Å². The van der Waals surface area contributed by atoms with Gasteiger partial charge >= 0.3 is 0 Å². The van der Waals surface area contributed by atoms with Crippen LogP contribution in [-0.2, 0) is 6.42 Å². The van der Waals surface area contributed by atoms with Gasteiger partial charge in [-0.15, -0.1) is 0 Å². The Kier molecular flexibility index (Phi) is 3.95. The number of aliphatic hydroxyl groups excluding tert-OH is 1. The second kappa shape index (κ2) is 5.85. The van der Waals surface area contributed by atoms with Crippen molar-refractivity contribution >= 4 is 0 Å². The molecule has 0 fully saturated rings. The molecule has 3 heteroatoms. The highest BCUT2D eigenvalue weighted by atomic mass is 16.3. The topological polar surface area (TPSA) is 53.4 Å². The zero-order chi connectivity index (χ0) is 12.8. The van der Waals surface area contributed by atoms with Crippen molar-refractivity contribution in [3.8, 4) is 17.6 Å². The maximum Gasteiger partial charge on any atom is 0.133 e. The highest BCUT2D eigenvalue weighted by Gasteiger charge is 1.92. The maximum absolute atomic E-state index is 9.09. The van der Waals surface area contributed by atoms with Gasteiger partial charge in [0.05, 0.1) is 6.20 Å². The number of aliphatic hydroxyl groups is 1. The smallest absolute Gasteiger partial charge is 0.133 e. The van der Waals surface area contributed by atoms with E-state index in [4.69, 9.17) is 10.2 Å². The quantitative estimate of drug-likeness (QED) is 0.785. The highest BCUT2D eigenvalue weighted by Crippen LogP contribution is 2.06. The molecule has 0 amide bonds. The molecule has 0 aliphatic rings. The Morgan fingerprint density at radius 2 is 1.78 bits per heavy atom. The molecule has 18 heavy (non-hydrogen) atoms. The molecule has 0 saturated heterocycles. The third-order valence-corrected chi connectivity index (χ3v) is 2.44. The average molecular weight is 239 g/mol. The molecule has 2 rings (SSSR count). The van der Waals surface area contributed by atoms with Gasteiger partial charge in [0.25, 0.3) is 0 Å². The minimum atomic E-state index is 0.133. The van der Waals surface area contributed by atoms with Crippen LogP contribution in [0.15, 0.2) is 42.6 Å². The number of hydrogen-bond acceptors (Lipinski definition) is 3. The van der Waals surface area contributed by atoms with Gasteiger partial charge < -0.3 is 10.2 Å². The molecule has 1 heterocycles. The largest absolute Gasteiger partial charge is 0.506 e. The van der Waals surface area contributed by atoms with E-state index in [-0.39, 0.29) is 12.4 Å². The molecule has 1 aromatic carbocycles. The van der Waals surface area contributed by atoms with Crippen molar-refractivity contribution in [2.75, 3.05) is 6.61 Å². The van der Waals surface area contributed by atoms with Gasteiger partial charge in [-0.3, -0.25) is 0 Å². The van der Waals surface area contributed by atoms with E-state index >= 15 is 0 Å². The van der Waals surface area contributed by atoms with Gasteiger partial charge in [-0.25, -0.2) is 4.98 Å². The SMILES string of the molecule is OCCc1ccc(C#Cc2ccc(O)cn2)cc1. The molecule has 2 aromatic rings. The first-order valence-corrected chi connectivity index (χ1v) is 5.65. The molecule has 1 aromatic heterocycles. The molecule has 0 aliphatic heterocycles. The molecule has 0 radical (unpaired) electrons. The number of pyridine rings is 1. The van der Waals surface area contributed by atoms with Crippen LogP contribution >= 0.6 is 0 Å². The third kappa shape index (κ3) is 3.34. The fraction of sp³-hybridized carbons (Fsp3) is 0.133. The molecule has 3 nitrogen and oxygen atoms in total. The molecule has 0 saturated carbocycles. The third-order valence-electron chi connectivity index (χ3n) is 2.44. The second-order valence-electron chi connectivity index (χ2n) is 3.82. The lowest BCUT2D eigenvalue weighted by atomic mass is 10.1. The van der Waals surface area contributed by atoms with E-state index in [1.165, 1.54) is 6.20 Å². The van der Waals surface area contributed by atoms with Crippen molar-refractivity contribution in [3.05, 3.63) is 59.4 Å². The highest BCUT2D eigenvalue weighted by molar-refractivity contribution is 5.41. The Bertz CT molecular complexity index is 562. The second-order valence-corrected chi connectivity index (χ2v) is 3.82. The number of aromatic nitrogens is 1. The van der Waals surface area contributed by atoms with E-state index in [1.807, 2.05) is 24.3 Å². The summed E-state index contributed by atoms with van der Waals surface area (Å²) in [6.45, 7) is 0.155. The van der Waals surface area contributed by atoms with Gasteiger partial charge in [-0.1, -0.05) is 18.1 Å². The van der Waals surface area contributed by atoms with Gasteiger partial charge in [0, 0.05) is 12.2 Å². The Hall–Kier alpha value is -2.31. The summed E-state index contributed by atoms with van der Waals surface area (Å²) < 4.78 is 0. The van der Waals surface area contributed by atoms with E-state index in [2.05, 4.69) is 16.8 Å². The van der Waals surface area contributed by atoms with Gasteiger partial charge in [-0.2, -0.15) is 0 Å². The van der Waals surface area contributed by atoms with Gasteiger partial charge in [0.1, 0.15) is 11.4 Å². The van der Waals surface area contributed by atoms with Crippen LogP contribution in [0.25, 0.3) is 0 Å². The lowest BCUT2D eigenvalue weighted by Crippen LogP contribution is -1.89. The zero-order valence-electron chi connectivity index (χ0n) is 9.80. The fourth-order valence-electron chi connectivity index (χ4n) is 1.48. The number of nitrogens with zero attached hydrogens (tertiary/aromatic N) is 1. The molecule has 90 valence electrons. The van der Waals surface area contributed by atoms with E-state index < -0.39 is 0 Å².